The van der Waals surface area contributed by atoms with Gasteiger partial charge in [0.05, 0.1) is 23.4 Å². The first-order valence-electron chi connectivity index (χ1n) is 10.9. The largest absolute Gasteiger partial charge is 0.505 e. The topological polar surface area (TPSA) is 214 Å². The van der Waals surface area contributed by atoms with Crippen molar-refractivity contribution in [3.8, 4) is 11.5 Å². The van der Waals surface area contributed by atoms with E-state index < -0.39 is 41.5 Å². The van der Waals surface area contributed by atoms with Crippen molar-refractivity contribution in [3.63, 3.8) is 0 Å². The number of nitrogens with two attached hydrogens (primary N) is 1. The van der Waals surface area contributed by atoms with Gasteiger partial charge in [0.15, 0.2) is 5.75 Å². The Hall–Kier alpha value is -4.44. The highest BCUT2D eigenvalue weighted by Gasteiger charge is 2.25. The van der Waals surface area contributed by atoms with Gasteiger partial charge in [0.1, 0.15) is 22.0 Å². The van der Waals surface area contributed by atoms with Gasteiger partial charge < -0.3 is 15.6 Å². The average Bonchev–Trinajstić information content (AvgIpc) is 2.86. The Morgan fingerprint density at radius 3 is 2.10 bits per heavy atom. The SMILES string of the molecule is COc1cc(N=Nc2ccccc2)c(C)cc1N=Nc1c(S(=O)(=O)O)cc2cc(S(=O)(=O)O)cc(N)c2c1O. The molecule has 0 saturated heterocycles. The van der Waals surface area contributed by atoms with Crippen molar-refractivity contribution in [1.29, 1.82) is 0 Å². The van der Waals surface area contributed by atoms with Crippen molar-refractivity contribution in [2.75, 3.05) is 12.8 Å². The molecule has 15 heteroatoms. The summed E-state index contributed by atoms with van der Waals surface area (Å²) in [6.45, 7) is 1.72. The van der Waals surface area contributed by atoms with Gasteiger partial charge in [-0.3, -0.25) is 9.11 Å². The predicted octanol–water partition coefficient (Wildman–Crippen LogP) is 5.77. The number of benzene rings is 4. The summed E-state index contributed by atoms with van der Waals surface area (Å²) in [6.07, 6.45) is 0. The number of phenols is 1. The van der Waals surface area contributed by atoms with Gasteiger partial charge in [-0.15, -0.1) is 10.2 Å². The molecule has 4 aromatic rings. The fourth-order valence-electron chi connectivity index (χ4n) is 3.65. The maximum atomic E-state index is 12.1. The molecule has 0 heterocycles. The molecule has 0 aliphatic rings. The number of phenolic OH excluding ortho intramolecular Hbond substituents is 1. The first-order valence-corrected chi connectivity index (χ1v) is 13.8. The molecular weight excluding hydrogens is 550 g/mol. The number of nitrogens with zero attached hydrogens (tertiary/aromatic N) is 4. The molecular formula is C24H21N5O8S2. The third kappa shape index (κ3) is 5.85. The van der Waals surface area contributed by atoms with Crippen molar-refractivity contribution >= 4 is 59.4 Å². The van der Waals surface area contributed by atoms with Crippen LogP contribution in [-0.2, 0) is 20.2 Å². The van der Waals surface area contributed by atoms with E-state index >= 15 is 0 Å². The minimum atomic E-state index is -5.00. The summed E-state index contributed by atoms with van der Waals surface area (Å²) in [7, 11) is -8.35. The molecule has 39 heavy (non-hydrogen) atoms. The third-order valence-corrected chi connectivity index (χ3v) is 7.21. The molecule has 4 aromatic carbocycles. The Balaban J connectivity index is 1.85. The lowest BCUT2D eigenvalue weighted by atomic mass is 10.1. The summed E-state index contributed by atoms with van der Waals surface area (Å²) >= 11 is 0. The standard InChI is InChI=1S/C24H21N5O8S2/c1-13-8-19(20(37-2)12-18(13)27-26-15-6-4-3-5-7-15)28-29-23-21(39(34,35)36)10-14-9-16(38(31,32)33)11-17(25)22(14)24(23)30/h3-12,30H,25H2,1-2H3,(H,31,32,33)(H,34,35,36). The summed E-state index contributed by atoms with van der Waals surface area (Å²) in [5.41, 5.74) is 6.75. The number of rotatable bonds is 7. The zero-order valence-electron chi connectivity index (χ0n) is 20.3. The molecule has 0 atom stereocenters. The molecule has 0 radical (unpaired) electrons. The van der Waals surface area contributed by atoms with Gasteiger partial charge in [0, 0.05) is 17.1 Å². The molecule has 0 aliphatic carbocycles. The molecule has 0 saturated carbocycles. The maximum Gasteiger partial charge on any atom is 0.296 e. The van der Waals surface area contributed by atoms with E-state index in [0.717, 1.165) is 18.2 Å². The van der Waals surface area contributed by atoms with Crippen LogP contribution in [0.3, 0.4) is 0 Å². The molecule has 0 amide bonds. The summed E-state index contributed by atoms with van der Waals surface area (Å²) in [5, 5.41) is 26.7. The van der Waals surface area contributed by atoms with Crippen LogP contribution in [0.25, 0.3) is 10.8 Å². The fourth-order valence-corrected chi connectivity index (χ4v) is 4.86. The minimum Gasteiger partial charge on any atom is -0.505 e. The second-order valence-electron chi connectivity index (χ2n) is 8.18. The van der Waals surface area contributed by atoms with E-state index in [1.807, 2.05) is 18.2 Å². The number of fused-ring (bicyclic) bond motifs is 1. The molecule has 0 unspecified atom stereocenters. The van der Waals surface area contributed by atoms with Crippen LogP contribution in [-0.4, -0.2) is 38.2 Å². The lowest BCUT2D eigenvalue weighted by Gasteiger charge is -2.12. The number of hydrogen-bond acceptors (Lipinski definition) is 11. The van der Waals surface area contributed by atoms with Crippen LogP contribution in [0.15, 0.2) is 90.9 Å². The van der Waals surface area contributed by atoms with Crippen molar-refractivity contribution in [1.82, 2.24) is 0 Å². The highest BCUT2D eigenvalue weighted by Crippen LogP contribution is 2.45. The van der Waals surface area contributed by atoms with E-state index in [1.54, 1.807) is 25.1 Å². The van der Waals surface area contributed by atoms with Crippen LogP contribution in [0.1, 0.15) is 5.56 Å². The summed E-state index contributed by atoms with van der Waals surface area (Å²) in [6, 6.07) is 14.7. The quantitative estimate of drug-likeness (QED) is 0.120. The van der Waals surface area contributed by atoms with Crippen molar-refractivity contribution in [2.45, 2.75) is 16.7 Å². The van der Waals surface area contributed by atoms with Crippen LogP contribution in [0, 0.1) is 6.92 Å². The Bertz CT molecular complexity index is 1870. The number of azo groups is 2. The maximum absolute atomic E-state index is 12.1. The van der Waals surface area contributed by atoms with Crippen LogP contribution >= 0.6 is 0 Å². The highest BCUT2D eigenvalue weighted by atomic mass is 32.2. The fraction of sp³-hybridized carbons (Fsp3) is 0.0833. The zero-order chi connectivity index (χ0) is 28.5. The Morgan fingerprint density at radius 1 is 0.821 bits per heavy atom. The number of hydrogen-bond donors (Lipinski definition) is 4. The van der Waals surface area contributed by atoms with Crippen LogP contribution in [0.4, 0.5) is 28.4 Å². The first-order chi connectivity index (χ1) is 18.3. The van der Waals surface area contributed by atoms with Gasteiger partial charge >= 0.3 is 0 Å². The minimum absolute atomic E-state index is 0.129. The number of aromatic hydroxyl groups is 1. The third-order valence-electron chi connectivity index (χ3n) is 5.51. The molecule has 13 nitrogen and oxygen atoms in total. The van der Waals surface area contributed by atoms with E-state index in [-0.39, 0.29) is 27.9 Å². The van der Waals surface area contributed by atoms with Gasteiger partial charge in [0.25, 0.3) is 20.2 Å². The van der Waals surface area contributed by atoms with E-state index in [2.05, 4.69) is 20.5 Å². The Kier molecular flexibility index (Phi) is 7.34. The van der Waals surface area contributed by atoms with Gasteiger partial charge in [-0.1, -0.05) is 18.2 Å². The first kappa shape index (κ1) is 27.6. The molecule has 0 aromatic heterocycles. The monoisotopic (exact) mass is 571 g/mol. The molecule has 0 fully saturated rings. The van der Waals surface area contributed by atoms with E-state index in [4.69, 9.17) is 10.5 Å². The summed E-state index contributed by atoms with van der Waals surface area (Å²) in [4.78, 5) is -1.53. The zero-order valence-corrected chi connectivity index (χ0v) is 22.0. The number of nitrogen functional groups attached to an aromatic ring is 1. The van der Waals surface area contributed by atoms with Gasteiger partial charge in [0.2, 0.25) is 0 Å². The molecule has 4 rings (SSSR count). The van der Waals surface area contributed by atoms with E-state index in [1.165, 1.54) is 13.2 Å². The van der Waals surface area contributed by atoms with E-state index in [0.29, 0.717) is 16.9 Å². The summed E-state index contributed by atoms with van der Waals surface area (Å²) in [5.74, 6) is -0.607. The Labute approximate surface area is 222 Å². The van der Waals surface area contributed by atoms with Crippen LogP contribution in [0.2, 0.25) is 0 Å². The highest BCUT2D eigenvalue weighted by molar-refractivity contribution is 7.86. The Morgan fingerprint density at radius 2 is 1.49 bits per heavy atom. The van der Waals surface area contributed by atoms with Gasteiger partial charge in [-0.2, -0.15) is 27.1 Å². The molecule has 0 spiro atoms. The van der Waals surface area contributed by atoms with Crippen molar-refractivity contribution < 1.29 is 35.8 Å². The molecule has 5 N–H and O–H groups in total. The molecule has 0 aliphatic heterocycles. The van der Waals surface area contributed by atoms with Crippen molar-refractivity contribution in [3.05, 3.63) is 66.2 Å². The van der Waals surface area contributed by atoms with Crippen LogP contribution < -0.4 is 10.5 Å². The number of methoxy groups -OCH3 is 1. The predicted molar refractivity (Wildman–Crippen MR) is 142 cm³/mol. The second-order valence-corrected chi connectivity index (χ2v) is 11.0. The normalized spacial score (nSPS) is 12.5. The molecule has 202 valence electrons. The van der Waals surface area contributed by atoms with Crippen molar-refractivity contribution in [2.24, 2.45) is 20.5 Å². The number of ether oxygens (including phenoxy) is 1. The lowest BCUT2D eigenvalue weighted by molar-refractivity contribution is 0.416. The smallest absolute Gasteiger partial charge is 0.296 e. The van der Waals surface area contributed by atoms with Gasteiger partial charge in [-0.05, 0) is 54.3 Å². The summed E-state index contributed by atoms with van der Waals surface area (Å²) < 4.78 is 71.9. The number of anilines is 1. The second kappa shape index (κ2) is 10.4. The van der Waals surface area contributed by atoms with E-state index in [9.17, 15) is 31.0 Å². The van der Waals surface area contributed by atoms with Crippen LogP contribution in [0.5, 0.6) is 11.5 Å². The molecule has 0 bridgehead atoms. The number of aryl methyl sites for hydroxylation is 1. The van der Waals surface area contributed by atoms with Gasteiger partial charge in [-0.25, -0.2) is 0 Å². The lowest BCUT2D eigenvalue weighted by Crippen LogP contribution is -2.02. The average molecular weight is 572 g/mol.